The van der Waals surface area contributed by atoms with Gasteiger partial charge in [-0.3, -0.25) is 20.9 Å². The third-order valence-corrected chi connectivity index (χ3v) is 5.85. The van der Waals surface area contributed by atoms with Crippen LogP contribution < -0.4 is 10.7 Å². The lowest BCUT2D eigenvalue weighted by Gasteiger charge is -2.27. The first-order chi connectivity index (χ1) is 14.3. The summed E-state index contributed by atoms with van der Waals surface area (Å²) in [5.41, 5.74) is 5.60. The molecule has 1 saturated heterocycles. The molecule has 5 nitrogen and oxygen atoms in total. The summed E-state index contributed by atoms with van der Waals surface area (Å²) in [4.78, 5) is 12.7. The number of nitrogens with two attached hydrogens (primary N) is 1. The molecule has 0 aliphatic carbocycles. The Morgan fingerprint density at radius 2 is 1.63 bits per heavy atom. The number of hydrogen-bond donors (Lipinski definition) is 3. The van der Waals surface area contributed by atoms with Crippen LogP contribution >= 0.6 is 34.8 Å². The Hall–Kier alpha value is -1.89. The first-order valence-electron chi connectivity index (χ1n) is 9.76. The van der Waals surface area contributed by atoms with Gasteiger partial charge in [-0.05, 0) is 56.2 Å². The van der Waals surface area contributed by atoms with Crippen molar-refractivity contribution in [3.05, 3.63) is 68.7 Å². The minimum Gasteiger partial charge on any atom is -0.295 e. The zero-order valence-corrected chi connectivity index (χ0v) is 18.9. The fraction of sp³-hybridized carbons (Fsp3) is 0.273. The minimum absolute atomic E-state index is 0.0909. The number of nitrogens with one attached hydrogen (secondary N) is 2. The Bertz CT molecular complexity index is 967. The summed E-state index contributed by atoms with van der Waals surface area (Å²) in [5.74, 6) is -0.420. The second-order valence-corrected chi connectivity index (χ2v) is 8.50. The molecule has 0 aromatic heterocycles. The second-order valence-electron chi connectivity index (χ2n) is 7.22. The molecule has 1 heterocycles. The zero-order chi connectivity index (χ0) is 21.7. The zero-order valence-electron chi connectivity index (χ0n) is 16.6. The van der Waals surface area contributed by atoms with E-state index in [4.69, 9.17) is 40.2 Å². The molecule has 30 heavy (non-hydrogen) atoms. The predicted molar refractivity (Wildman–Crippen MR) is 123 cm³/mol. The van der Waals surface area contributed by atoms with E-state index in [0.717, 1.165) is 42.9 Å². The monoisotopic (exact) mass is 465 g/mol. The van der Waals surface area contributed by atoms with E-state index >= 15 is 0 Å². The molecule has 158 valence electrons. The Labute approximate surface area is 191 Å². The lowest BCUT2D eigenvalue weighted by molar-refractivity contribution is -0.469. The van der Waals surface area contributed by atoms with Gasteiger partial charge in [0, 0.05) is 40.3 Å². The van der Waals surface area contributed by atoms with Crippen molar-refractivity contribution in [2.75, 3.05) is 13.1 Å². The van der Waals surface area contributed by atoms with Crippen molar-refractivity contribution in [2.45, 2.75) is 26.2 Å². The van der Waals surface area contributed by atoms with Crippen molar-refractivity contribution < 1.29 is 10.1 Å². The number of rotatable bonds is 6. The van der Waals surface area contributed by atoms with Crippen LogP contribution in [0.2, 0.25) is 15.1 Å². The van der Waals surface area contributed by atoms with E-state index in [2.05, 4.69) is 5.43 Å². The number of hydrogen-bond acceptors (Lipinski definition) is 3. The van der Waals surface area contributed by atoms with E-state index in [0.29, 0.717) is 20.6 Å². The molecule has 0 unspecified atom stereocenters. The topological polar surface area (TPSA) is 72.8 Å². The van der Waals surface area contributed by atoms with Crippen LogP contribution in [0.3, 0.4) is 0 Å². The molecule has 1 aliphatic rings. The third-order valence-electron chi connectivity index (χ3n) is 5.04. The van der Waals surface area contributed by atoms with Gasteiger partial charge in [-0.2, -0.15) is 0 Å². The number of benzene rings is 2. The van der Waals surface area contributed by atoms with Gasteiger partial charge in [0.15, 0.2) is 5.69 Å². The molecule has 0 spiro atoms. The Balaban J connectivity index is 1.92. The number of halogens is 3. The van der Waals surface area contributed by atoms with E-state index in [9.17, 15) is 4.79 Å². The average molecular weight is 467 g/mol. The van der Waals surface area contributed by atoms with Crippen LogP contribution in [0, 0.1) is 5.41 Å². The van der Waals surface area contributed by atoms with Gasteiger partial charge in [0.25, 0.3) is 5.91 Å². The van der Waals surface area contributed by atoms with Gasteiger partial charge in [0.05, 0.1) is 0 Å². The molecule has 2 aromatic carbocycles. The van der Waals surface area contributed by atoms with Crippen molar-refractivity contribution in [1.82, 2.24) is 10.4 Å². The number of piperidine rings is 1. The summed E-state index contributed by atoms with van der Waals surface area (Å²) >= 11 is 18.4. The molecule has 3 rings (SSSR count). The van der Waals surface area contributed by atoms with Gasteiger partial charge in [0.1, 0.15) is 16.4 Å². The Kier molecular flexibility index (Phi) is 7.92. The number of hydrazine groups is 1. The molecular weight excluding hydrogens is 443 g/mol. The number of amides is 1. The van der Waals surface area contributed by atoms with Crippen molar-refractivity contribution in [3.8, 4) is 0 Å². The average Bonchev–Trinajstić information content (AvgIpc) is 2.74. The van der Waals surface area contributed by atoms with Gasteiger partial charge < -0.3 is 0 Å². The van der Waals surface area contributed by atoms with E-state index in [1.54, 1.807) is 31.2 Å². The van der Waals surface area contributed by atoms with Crippen molar-refractivity contribution >= 4 is 57.8 Å². The SMILES string of the molecule is C/C(C(=N)C(=O)NN1CCCCC1)=C(/[NH2+]c1ccc(Cl)cc1Cl)c1ccc(Cl)cc1. The lowest BCUT2D eigenvalue weighted by atomic mass is 10.0. The van der Waals surface area contributed by atoms with E-state index in [1.165, 1.54) is 6.42 Å². The van der Waals surface area contributed by atoms with Crippen LogP contribution in [0.4, 0.5) is 5.69 Å². The highest BCUT2D eigenvalue weighted by atomic mass is 35.5. The Morgan fingerprint density at radius 1 is 1.00 bits per heavy atom. The number of carbonyl (C=O) groups is 1. The van der Waals surface area contributed by atoms with Crippen LogP contribution in [-0.2, 0) is 4.79 Å². The number of carbonyl (C=O) groups excluding carboxylic acids is 1. The van der Waals surface area contributed by atoms with Crippen molar-refractivity contribution in [2.24, 2.45) is 0 Å². The molecule has 8 heteroatoms. The molecule has 0 radical (unpaired) electrons. The molecule has 0 bridgehead atoms. The molecule has 4 N–H and O–H groups in total. The quantitative estimate of drug-likeness (QED) is 0.422. The molecule has 1 amide bonds. The van der Waals surface area contributed by atoms with Gasteiger partial charge >= 0.3 is 0 Å². The molecule has 0 saturated carbocycles. The second kappa shape index (κ2) is 10.4. The van der Waals surface area contributed by atoms with E-state index in [1.807, 2.05) is 28.5 Å². The summed E-state index contributed by atoms with van der Waals surface area (Å²) < 4.78 is 0. The fourth-order valence-electron chi connectivity index (χ4n) is 3.32. The van der Waals surface area contributed by atoms with Crippen LogP contribution in [-0.4, -0.2) is 29.7 Å². The van der Waals surface area contributed by atoms with Crippen LogP contribution in [0.1, 0.15) is 31.7 Å². The number of quaternary nitrogens is 1. The molecule has 1 fully saturated rings. The maximum atomic E-state index is 12.7. The summed E-state index contributed by atoms with van der Waals surface area (Å²) in [6, 6.07) is 12.5. The lowest BCUT2D eigenvalue weighted by Crippen LogP contribution is -2.75. The largest absolute Gasteiger partial charge is 0.295 e. The van der Waals surface area contributed by atoms with Crippen LogP contribution in [0.25, 0.3) is 5.70 Å². The smallest absolute Gasteiger partial charge is 0.283 e. The third kappa shape index (κ3) is 5.84. The van der Waals surface area contributed by atoms with Crippen LogP contribution in [0.5, 0.6) is 0 Å². The molecule has 1 aliphatic heterocycles. The highest BCUT2D eigenvalue weighted by molar-refractivity contribution is 6.44. The van der Waals surface area contributed by atoms with Crippen molar-refractivity contribution in [1.29, 1.82) is 5.41 Å². The molecular formula is C22H24Cl3N4O+. The van der Waals surface area contributed by atoms with Gasteiger partial charge in [-0.25, -0.2) is 5.01 Å². The standard InChI is InChI=1S/C22H23Cl3N4O/c1-14(20(26)22(30)28-29-11-3-2-4-12-29)21(15-5-7-16(23)8-6-15)27-19-10-9-17(24)13-18(19)25/h5-10,13,26-27H,2-4,11-12H2,1H3,(H,28,30)/p+1/b21-14-,26-20?. The van der Waals surface area contributed by atoms with Gasteiger partial charge in [-0.1, -0.05) is 41.2 Å². The van der Waals surface area contributed by atoms with Gasteiger partial charge in [-0.15, -0.1) is 0 Å². The van der Waals surface area contributed by atoms with E-state index in [-0.39, 0.29) is 5.71 Å². The van der Waals surface area contributed by atoms with Gasteiger partial charge in [0.2, 0.25) is 0 Å². The molecule has 2 aromatic rings. The molecule has 0 atom stereocenters. The summed E-state index contributed by atoms with van der Waals surface area (Å²) in [7, 11) is 0. The highest BCUT2D eigenvalue weighted by Gasteiger charge is 2.23. The van der Waals surface area contributed by atoms with Crippen LogP contribution in [0.15, 0.2) is 48.0 Å². The maximum Gasteiger partial charge on any atom is 0.283 e. The normalized spacial score (nSPS) is 15.5. The summed E-state index contributed by atoms with van der Waals surface area (Å²) in [5, 5.41) is 13.9. The summed E-state index contributed by atoms with van der Waals surface area (Å²) in [6.45, 7) is 3.37. The maximum absolute atomic E-state index is 12.7. The first-order valence-corrected chi connectivity index (χ1v) is 10.9. The number of nitrogens with zero attached hydrogens (tertiary/aromatic N) is 1. The Morgan fingerprint density at radius 3 is 2.27 bits per heavy atom. The first kappa shape index (κ1) is 22.8. The summed E-state index contributed by atoms with van der Waals surface area (Å²) in [6.07, 6.45) is 3.25. The highest BCUT2D eigenvalue weighted by Crippen LogP contribution is 2.24. The van der Waals surface area contributed by atoms with E-state index < -0.39 is 5.91 Å². The predicted octanol–water partition coefficient (Wildman–Crippen LogP) is 4.81. The van der Waals surface area contributed by atoms with Crippen molar-refractivity contribution in [3.63, 3.8) is 0 Å². The minimum atomic E-state index is -0.420. The fourth-order valence-corrected chi connectivity index (χ4v) is 3.91.